The number of nitrogens with zero attached hydrogens (tertiary/aromatic N) is 1. The standard InChI is InChI=1S/C14H18N2O4/c17-11-5-3-10(4-6-11)15-13(18)9-12(14(19)20)16-7-1-2-8-16/h3-6,12,17H,1-2,7-9H2,(H,15,18)(H,19,20). The first-order valence-corrected chi connectivity index (χ1v) is 6.62. The minimum Gasteiger partial charge on any atom is -0.508 e. The minimum atomic E-state index is -0.965. The lowest BCUT2D eigenvalue weighted by molar-refractivity contribution is -0.144. The van der Waals surface area contributed by atoms with Crippen LogP contribution < -0.4 is 5.32 Å². The summed E-state index contributed by atoms with van der Waals surface area (Å²) in [6.45, 7) is 1.45. The van der Waals surface area contributed by atoms with Crippen LogP contribution in [0.1, 0.15) is 19.3 Å². The molecule has 0 radical (unpaired) electrons. The highest BCUT2D eigenvalue weighted by Gasteiger charge is 2.29. The number of nitrogens with one attached hydrogen (secondary N) is 1. The van der Waals surface area contributed by atoms with Gasteiger partial charge in [0.25, 0.3) is 0 Å². The smallest absolute Gasteiger partial charge is 0.321 e. The molecule has 1 unspecified atom stereocenters. The number of phenols is 1. The van der Waals surface area contributed by atoms with Crippen LogP contribution in [0.4, 0.5) is 5.69 Å². The molecule has 0 aliphatic carbocycles. The van der Waals surface area contributed by atoms with Crippen LogP contribution >= 0.6 is 0 Å². The van der Waals surface area contributed by atoms with Gasteiger partial charge in [-0.15, -0.1) is 0 Å². The second kappa shape index (κ2) is 6.38. The van der Waals surface area contributed by atoms with Crippen LogP contribution in [0.15, 0.2) is 24.3 Å². The number of carbonyl (C=O) groups excluding carboxylic acids is 1. The Kier molecular flexibility index (Phi) is 4.57. The number of likely N-dealkylation sites (tertiary alicyclic amines) is 1. The quantitative estimate of drug-likeness (QED) is 0.706. The first-order chi connectivity index (χ1) is 9.56. The summed E-state index contributed by atoms with van der Waals surface area (Å²) in [4.78, 5) is 25.0. The molecule has 1 fully saturated rings. The molecule has 6 nitrogen and oxygen atoms in total. The average Bonchev–Trinajstić information content (AvgIpc) is 2.92. The molecule has 1 heterocycles. The van der Waals surface area contributed by atoms with Crippen molar-refractivity contribution in [1.82, 2.24) is 4.90 Å². The minimum absolute atomic E-state index is 0.0732. The van der Waals surface area contributed by atoms with Gasteiger partial charge in [0, 0.05) is 5.69 Å². The Morgan fingerprint density at radius 3 is 2.35 bits per heavy atom. The molecule has 0 aromatic heterocycles. The van der Waals surface area contributed by atoms with Gasteiger partial charge in [-0.25, -0.2) is 0 Å². The molecule has 0 bridgehead atoms. The number of rotatable bonds is 5. The molecular weight excluding hydrogens is 260 g/mol. The van der Waals surface area contributed by atoms with Gasteiger partial charge in [-0.05, 0) is 50.2 Å². The summed E-state index contributed by atoms with van der Waals surface area (Å²) in [5.41, 5.74) is 0.540. The van der Waals surface area contributed by atoms with E-state index in [1.165, 1.54) is 12.1 Å². The Labute approximate surface area is 117 Å². The summed E-state index contributed by atoms with van der Waals surface area (Å²) in [5.74, 6) is -1.19. The monoisotopic (exact) mass is 278 g/mol. The number of anilines is 1. The highest BCUT2D eigenvalue weighted by Crippen LogP contribution is 2.17. The van der Waals surface area contributed by atoms with Crippen LogP contribution in [-0.2, 0) is 9.59 Å². The average molecular weight is 278 g/mol. The predicted molar refractivity (Wildman–Crippen MR) is 73.6 cm³/mol. The summed E-state index contributed by atoms with van der Waals surface area (Å²) in [5, 5.41) is 21.0. The van der Waals surface area contributed by atoms with Crippen molar-refractivity contribution in [3.05, 3.63) is 24.3 Å². The van der Waals surface area contributed by atoms with Crippen LogP contribution in [0, 0.1) is 0 Å². The number of carboxylic acids is 1. The highest BCUT2D eigenvalue weighted by atomic mass is 16.4. The number of phenolic OH excluding ortho intramolecular Hbond substituents is 1. The van der Waals surface area contributed by atoms with Crippen molar-refractivity contribution in [1.29, 1.82) is 0 Å². The first kappa shape index (κ1) is 14.3. The zero-order valence-electron chi connectivity index (χ0n) is 11.1. The second-order valence-corrected chi connectivity index (χ2v) is 4.90. The molecule has 20 heavy (non-hydrogen) atoms. The van der Waals surface area contributed by atoms with Gasteiger partial charge >= 0.3 is 5.97 Å². The van der Waals surface area contributed by atoms with Crippen LogP contribution in [0.25, 0.3) is 0 Å². The van der Waals surface area contributed by atoms with Crippen molar-refractivity contribution in [2.24, 2.45) is 0 Å². The van der Waals surface area contributed by atoms with Crippen LogP contribution in [-0.4, -0.2) is 46.1 Å². The largest absolute Gasteiger partial charge is 0.508 e. The van der Waals surface area contributed by atoms with Gasteiger partial charge in [-0.1, -0.05) is 0 Å². The van der Waals surface area contributed by atoms with Gasteiger partial charge in [0.2, 0.25) is 5.91 Å². The fourth-order valence-electron chi connectivity index (χ4n) is 2.36. The molecule has 108 valence electrons. The zero-order chi connectivity index (χ0) is 14.5. The molecule has 3 N–H and O–H groups in total. The summed E-state index contributed by atoms with van der Waals surface area (Å²) < 4.78 is 0. The van der Waals surface area contributed by atoms with Crippen LogP contribution in [0.2, 0.25) is 0 Å². The molecule has 1 aromatic rings. The van der Waals surface area contributed by atoms with E-state index in [0.717, 1.165) is 25.9 Å². The lowest BCUT2D eigenvalue weighted by atomic mass is 10.1. The van der Waals surface area contributed by atoms with Gasteiger partial charge in [0.1, 0.15) is 11.8 Å². The van der Waals surface area contributed by atoms with Crippen molar-refractivity contribution in [2.45, 2.75) is 25.3 Å². The van der Waals surface area contributed by atoms with E-state index in [2.05, 4.69) is 5.32 Å². The maximum Gasteiger partial charge on any atom is 0.321 e. The Morgan fingerprint density at radius 2 is 1.80 bits per heavy atom. The molecular formula is C14H18N2O4. The lowest BCUT2D eigenvalue weighted by Crippen LogP contribution is -2.41. The topological polar surface area (TPSA) is 89.9 Å². The molecule has 1 atom stereocenters. The van der Waals surface area contributed by atoms with Crippen LogP contribution in [0.5, 0.6) is 5.75 Å². The zero-order valence-corrected chi connectivity index (χ0v) is 11.1. The van der Waals surface area contributed by atoms with E-state index < -0.39 is 12.0 Å². The van der Waals surface area contributed by atoms with Gasteiger partial charge in [-0.3, -0.25) is 14.5 Å². The molecule has 1 aliphatic rings. The molecule has 1 aromatic carbocycles. The van der Waals surface area contributed by atoms with Crippen molar-refractivity contribution in [3.8, 4) is 5.75 Å². The summed E-state index contributed by atoms with van der Waals surface area (Å²) >= 11 is 0. The van der Waals surface area contributed by atoms with Crippen molar-refractivity contribution in [2.75, 3.05) is 18.4 Å². The Hall–Kier alpha value is -2.08. The molecule has 0 saturated carbocycles. The highest BCUT2D eigenvalue weighted by molar-refractivity contribution is 5.94. The maximum atomic E-state index is 11.9. The predicted octanol–water partition coefficient (Wildman–Crippen LogP) is 1.27. The molecule has 1 aliphatic heterocycles. The third-order valence-corrected chi connectivity index (χ3v) is 3.40. The van der Waals surface area contributed by atoms with Crippen molar-refractivity contribution in [3.63, 3.8) is 0 Å². The summed E-state index contributed by atoms with van der Waals surface area (Å²) in [6.07, 6.45) is 1.88. The van der Waals surface area contributed by atoms with E-state index in [1.54, 1.807) is 12.1 Å². The van der Waals surface area contributed by atoms with E-state index in [1.807, 2.05) is 4.90 Å². The number of carboxylic acid groups (broad SMARTS) is 1. The van der Waals surface area contributed by atoms with Gasteiger partial charge in [-0.2, -0.15) is 0 Å². The molecule has 1 amide bonds. The third kappa shape index (κ3) is 3.71. The van der Waals surface area contributed by atoms with E-state index in [9.17, 15) is 14.7 Å². The molecule has 2 rings (SSSR count). The van der Waals surface area contributed by atoms with E-state index in [0.29, 0.717) is 5.69 Å². The van der Waals surface area contributed by atoms with E-state index in [4.69, 9.17) is 5.11 Å². The Bertz CT molecular complexity index is 480. The number of hydrogen-bond donors (Lipinski definition) is 3. The Balaban J connectivity index is 1.94. The van der Waals surface area contributed by atoms with Crippen molar-refractivity contribution < 1.29 is 19.8 Å². The number of aliphatic carboxylic acids is 1. The van der Waals surface area contributed by atoms with Gasteiger partial charge < -0.3 is 15.5 Å². The molecule has 0 spiro atoms. The Morgan fingerprint density at radius 1 is 1.20 bits per heavy atom. The molecule has 6 heteroatoms. The summed E-state index contributed by atoms with van der Waals surface area (Å²) in [7, 11) is 0. The SMILES string of the molecule is O=C(CC(C(=O)O)N1CCCC1)Nc1ccc(O)cc1. The van der Waals surface area contributed by atoms with Crippen molar-refractivity contribution >= 4 is 17.6 Å². The fourth-order valence-corrected chi connectivity index (χ4v) is 2.36. The van der Waals surface area contributed by atoms with Gasteiger partial charge in [0.05, 0.1) is 6.42 Å². The second-order valence-electron chi connectivity index (χ2n) is 4.90. The van der Waals surface area contributed by atoms with E-state index >= 15 is 0 Å². The molecule has 1 saturated heterocycles. The lowest BCUT2D eigenvalue weighted by Gasteiger charge is -2.23. The van der Waals surface area contributed by atoms with Crippen LogP contribution in [0.3, 0.4) is 0 Å². The van der Waals surface area contributed by atoms with Gasteiger partial charge in [0.15, 0.2) is 0 Å². The maximum absolute atomic E-state index is 11.9. The normalized spacial score (nSPS) is 16.8. The number of hydrogen-bond acceptors (Lipinski definition) is 4. The summed E-state index contributed by atoms with van der Waals surface area (Å²) in [6, 6.07) is 5.29. The number of amides is 1. The number of aromatic hydroxyl groups is 1. The van der Waals surface area contributed by atoms with E-state index in [-0.39, 0.29) is 18.1 Å². The number of benzene rings is 1. The number of carbonyl (C=O) groups is 2. The fraction of sp³-hybridized carbons (Fsp3) is 0.429. The third-order valence-electron chi connectivity index (χ3n) is 3.40. The first-order valence-electron chi connectivity index (χ1n) is 6.62.